The molecule has 4 unspecified atom stereocenters. The molecule has 0 aliphatic carbocycles. The Labute approximate surface area is 217 Å². The molecule has 2 aromatic heterocycles. The number of nitrogen functional groups attached to an aromatic ring is 1. The van der Waals surface area contributed by atoms with Gasteiger partial charge in [0.1, 0.15) is 18.2 Å². The molecule has 38 heavy (non-hydrogen) atoms. The number of esters is 3. The summed E-state index contributed by atoms with van der Waals surface area (Å²) < 4.78 is 24.6. The van der Waals surface area contributed by atoms with E-state index in [-0.39, 0.29) is 6.61 Å². The van der Waals surface area contributed by atoms with Crippen molar-refractivity contribution in [2.24, 2.45) is 11.8 Å². The molecular formula is C25H31N5O8. The quantitative estimate of drug-likeness (QED) is 0.337. The zero-order valence-corrected chi connectivity index (χ0v) is 22.0. The average Bonchev–Trinajstić information content (AvgIpc) is 3.24. The predicted octanol–water partition coefficient (Wildman–Crippen LogP) is 1.84. The first-order valence-electron chi connectivity index (χ1n) is 12.2. The van der Waals surface area contributed by atoms with Gasteiger partial charge in [0, 0.05) is 29.6 Å². The summed E-state index contributed by atoms with van der Waals surface area (Å²) in [7, 11) is 0. The second-order valence-corrected chi connectivity index (χ2v) is 10.1. The minimum Gasteiger partial charge on any atom is -0.463 e. The van der Waals surface area contributed by atoms with Crippen LogP contribution < -0.4 is 11.3 Å². The van der Waals surface area contributed by atoms with Gasteiger partial charge in [0.25, 0.3) is 5.56 Å². The van der Waals surface area contributed by atoms with Gasteiger partial charge in [-0.3, -0.25) is 19.2 Å². The number of carbonyl (C=O) groups excluding carboxylic acids is 3. The first kappa shape index (κ1) is 27.0. The zero-order valence-electron chi connectivity index (χ0n) is 22.0. The first-order chi connectivity index (χ1) is 17.8. The van der Waals surface area contributed by atoms with E-state index in [0.29, 0.717) is 27.4 Å². The van der Waals surface area contributed by atoms with Gasteiger partial charge in [-0.1, -0.05) is 27.7 Å². The number of hydrogen-bond acceptors (Lipinski definition) is 11. The zero-order chi connectivity index (χ0) is 27.9. The van der Waals surface area contributed by atoms with Crippen molar-refractivity contribution < 1.29 is 33.3 Å². The van der Waals surface area contributed by atoms with E-state index in [1.807, 2.05) is 0 Å². The Morgan fingerprint density at radius 2 is 1.87 bits per heavy atom. The topological polar surface area (TPSA) is 178 Å². The van der Waals surface area contributed by atoms with Crippen LogP contribution in [0.5, 0.6) is 0 Å². The number of ether oxygens (including phenoxy) is 4. The third-order valence-electron chi connectivity index (χ3n) is 6.36. The molecule has 1 aliphatic rings. The van der Waals surface area contributed by atoms with E-state index < -0.39 is 59.3 Å². The van der Waals surface area contributed by atoms with Gasteiger partial charge >= 0.3 is 17.9 Å². The lowest BCUT2D eigenvalue weighted by molar-refractivity contribution is -0.188. The Bertz CT molecular complexity index is 1460. The number of rotatable bonds is 7. The average molecular weight is 530 g/mol. The number of nitrogens with zero attached hydrogens (tertiary/aromatic N) is 3. The normalized spacial score (nSPS) is 23.3. The Morgan fingerprint density at radius 3 is 2.50 bits per heavy atom. The molecule has 0 saturated carbocycles. The molecule has 0 radical (unpaired) electrons. The van der Waals surface area contributed by atoms with Gasteiger partial charge in [0.05, 0.1) is 23.4 Å². The molecule has 3 aromatic rings. The van der Waals surface area contributed by atoms with Crippen LogP contribution >= 0.6 is 0 Å². The summed E-state index contributed by atoms with van der Waals surface area (Å²) in [6, 6.07) is 1.52. The summed E-state index contributed by atoms with van der Waals surface area (Å²) in [6.07, 6.45) is -0.371. The SMILES string of the molecule is CC(=O)OC1(C)C(OC(=O)C(C)C)C(COC(=O)C(C)C)OC1n1cc2c(N)cc3c(=O)[nH]ncc(n1)c23. The fourth-order valence-electron chi connectivity index (χ4n) is 4.48. The Morgan fingerprint density at radius 1 is 1.18 bits per heavy atom. The third-order valence-corrected chi connectivity index (χ3v) is 6.36. The smallest absolute Gasteiger partial charge is 0.308 e. The molecule has 0 amide bonds. The standard InChI is InChI=1S/C25H31N5O8/c1-11(2)22(33)35-10-18-20(37-23(34)12(3)4)25(6,38-13(5)31)24(36-18)30-9-15-16(26)7-14-19(15)17(29-30)8-27-28-21(14)32/h7-9,11-12,18,20,24H,10,26H2,1-6H3,(H,28,32). The number of hydrogen-bond donors (Lipinski definition) is 2. The van der Waals surface area contributed by atoms with Crippen LogP contribution in [-0.2, 0) is 33.3 Å². The van der Waals surface area contributed by atoms with Crippen LogP contribution in [0.1, 0.15) is 47.8 Å². The highest BCUT2D eigenvalue weighted by atomic mass is 16.7. The number of anilines is 1. The maximum absolute atomic E-state index is 12.7. The highest BCUT2D eigenvalue weighted by Crippen LogP contribution is 2.44. The van der Waals surface area contributed by atoms with Crippen molar-refractivity contribution in [1.82, 2.24) is 20.0 Å². The second-order valence-electron chi connectivity index (χ2n) is 10.1. The first-order valence-corrected chi connectivity index (χ1v) is 12.2. The number of nitrogens with one attached hydrogen (secondary N) is 1. The van der Waals surface area contributed by atoms with Gasteiger partial charge in [-0.25, -0.2) is 9.78 Å². The third kappa shape index (κ3) is 4.80. The van der Waals surface area contributed by atoms with E-state index in [9.17, 15) is 19.2 Å². The molecule has 4 atom stereocenters. The number of aromatic nitrogens is 4. The number of carbonyl (C=O) groups is 3. The molecule has 1 saturated heterocycles. The lowest BCUT2D eigenvalue weighted by atomic mass is 9.95. The van der Waals surface area contributed by atoms with Gasteiger partial charge in [-0.2, -0.15) is 10.2 Å². The van der Waals surface area contributed by atoms with Crippen LogP contribution in [0.4, 0.5) is 5.69 Å². The summed E-state index contributed by atoms with van der Waals surface area (Å²) in [5.41, 5.74) is 4.82. The minimum atomic E-state index is -1.59. The Hall–Kier alpha value is -4.00. The maximum Gasteiger partial charge on any atom is 0.308 e. The molecule has 1 aliphatic heterocycles. The predicted molar refractivity (Wildman–Crippen MR) is 135 cm³/mol. The summed E-state index contributed by atoms with van der Waals surface area (Å²) >= 11 is 0. The van der Waals surface area contributed by atoms with Crippen LogP contribution in [-0.4, -0.2) is 62.3 Å². The van der Waals surface area contributed by atoms with Crippen molar-refractivity contribution in [3.05, 3.63) is 28.8 Å². The van der Waals surface area contributed by atoms with Crippen molar-refractivity contribution >= 4 is 45.3 Å². The van der Waals surface area contributed by atoms with Gasteiger partial charge in [0.15, 0.2) is 17.9 Å². The molecule has 3 heterocycles. The largest absolute Gasteiger partial charge is 0.463 e. The fraction of sp³-hybridized carbons (Fsp3) is 0.520. The van der Waals surface area contributed by atoms with Crippen molar-refractivity contribution in [2.75, 3.05) is 12.3 Å². The van der Waals surface area contributed by atoms with E-state index in [1.165, 1.54) is 23.9 Å². The molecule has 13 heteroatoms. The number of nitrogens with two attached hydrogens (primary N) is 1. The van der Waals surface area contributed by atoms with E-state index >= 15 is 0 Å². The summed E-state index contributed by atoms with van der Waals surface area (Å²) in [6.45, 7) is 9.20. The second kappa shape index (κ2) is 10.0. The molecular weight excluding hydrogens is 498 g/mol. The van der Waals surface area contributed by atoms with Crippen molar-refractivity contribution in [3.8, 4) is 0 Å². The molecule has 1 aromatic carbocycles. The van der Waals surface area contributed by atoms with E-state index in [2.05, 4.69) is 15.3 Å². The fourth-order valence-corrected chi connectivity index (χ4v) is 4.48. The van der Waals surface area contributed by atoms with Gasteiger partial charge < -0.3 is 24.7 Å². The molecule has 4 rings (SSSR count). The molecule has 13 nitrogen and oxygen atoms in total. The molecule has 0 bridgehead atoms. The monoisotopic (exact) mass is 529 g/mol. The van der Waals surface area contributed by atoms with Crippen LogP contribution in [0.25, 0.3) is 21.7 Å². The van der Waals surface area contributed by atoms with Gasteiger partial charge in [0.2, 0.25) is 0 Å². The summed E-state index contributed by atoms with van der Waals surface area (Å²) in [5.74, 6) is -2.58. The summed E-state index contributed by atoms with van der Waals surface area (Å²) in [5, 5.41) is 12.2. The van der Waals surface area contributed by atoms with Crippen molar-refractivity contribution in [2.45, 2.75) is 65.6 Å². The van der Waals surface area contributed by atoms with E-state index in [0.717, 1.165) is 0 Å². The summed E-state index contributed by atoms with van der Waals surface area (Å²) in [4.78, 5) is 49.6. The lowest BCUT2D eigenvalue weighted by Crippen LogP contribution is -2.51. The number of H-pyrrole nitrogens is 1. The van der Waals surface area contributed by atoms with Crippen LogP contribution in [0.15, 0.2) is 23.3 Å². The highest BCUT2D eigenvalue weighted by molar-refractivity contribution is 6.14. The van der Waals surface area contributed by atoms with E-state index in [4.69, 9.17) is 24.7 Å². The van der Waals surface area contributed by atoms with Crippen molar-refractivity contribution in [3.63, 3.8) is 0 Å². The highest BCUT2D eigenvalue weighted by Gasteiger charge is 2.60. The molecule has 204 valence electrons. The maximum atomic E-state index is 12.7. The molecule has 0 spiro atoms. The number of aromatic amines is 1. The van der Waals surface area contributed by atoms with Crippen LogP contribution in [0, 0.1) is 11.8 Å². The van der Waals surface area contributed by atoms with Crippen LogP contribution in [0.2, 0.25) is 0 Å². The van der Waals surface area contributed by atoms with Gasteiger partial charge in [-0.15, -0.1) is 0 Å². The lowest BCUT2D eigenvalue weighted by Gasteiger charge is -2.34. The Kier molecular flexibility index (Phi) is 7.15. The van der Waals surface area contributed by atoms with Gasteiger partial charge in [-0.05, 0) is 13.0 Å². The Balaban J connectivity index is 1.86. The van der Waals surface area contributed by atoms with E-state index in [1.54, 1.807) is 40.8 Å². The molecule has 1 fully saturated rings. The van der Waals surface area contributed by atoms with Crippen LogP contribution in [0.3, 0.4) is 0 Å². The van der Waals surface area contributed by atoms with Crippen molar-refractivity contribution in [1.29, 1.82) is 0 Å². The molecule has 3 N–H and O–H groups in total. The minimum absolute atomic E-state index is 0.265.